The molecule has 1 aliphatic heterocycles. The van der Waals surface area contributed by atoms with Crippen molar-refractivity contribution in [2.24, 2.45) is 10.8 Å². The third kappa shape index (κ3) is 6.09. The molecule has 7 heteroatoms. The molecule has 0 saturated heterocycles. The molecule has 0 unspecified atom stereocenters. The fraction of sp³-hybridized carbons (Fsp3) is 0.351. The van der Waals surface area contributed by atoms with Gasteiger partial charge in [-0.05, 0) is 64.6 Å². The first-order valence-electron chi connectivity index (χ1n) is 15.0. The summed E-state index contributed by atoms with van der Waals surface area (Å²) in [7, 11) is 0. The molecule has 3 aromatic rings. The Morgan fingerprint density at radius 3 is 1.89 bits per heavy atom. The van der Waals surface area contributed by atoms with E-state index in [2.05, 4.69) is 44.7 Å². The lowest BCUT2D eigenvalue weighted by atomic mass is 9.63. The van der Waals surface area contributed by atoms with E-state index in [1.54, 1.807) is 12.1 Å². The van der Waals surface area contributed by atoms with Crippen molar-refractivity contribution in [3.8, 4) is 5.75 Å². The Labute approximate surface area is 274 Å². The summed E-state index contributed by atoms with van der Waals surface area (Å²) in [6.07, 6.45) is 2.37. The van der Waals surface area contributed by atoms with Gasteiger partial charge in [-0.1, -0.05) is 105 Å². The van der Waals surface area contributed by atoms with Gasteiger partial charge >= 0.3 is 0 Å². The second-order valence-corrected chi connectivity index (χ2v) is 15.1. The van der Waals surface area contributed by atoms with Crippen LogP contribution in [0.4, 0.5) is 0 Å². The Morgan fingerprint density at radius 1 is 0.705 bits per heavy atom. The Morgan fingerprint density at radius 2 is 1.32 bits per heavy atom. The zero-order valence-corrected chi connectivity index (χ0v) is 27.7. The maximum atomic E-state index is 14.1. The largest absolute Gasteiger partial charge is 0.487 e. The molecule has 0 bridgehead atoms. The van der Waals surface area contributed by atoms with Crippen molar-refractivity contribution in [1.82, 2.24) is 4.90 Å². The van der Waals surface area contributed by atoms with Gasteiger partial charge in [-0.3, -0.25) is 9.59 Å². The Balaban J connectivity index is 1.44. The number of carbonyl (C=O) groups excluding carboxylic acids is 2. The van der Waals surface area contributed by atoms with E-state index in [0.717, 1.165) is 52.1 Å². The van der Waals surface area contributed by atoms with Gasteiger partial charge in [0, 0.05) is 47.8 Å². The molecule has 0 radical (unpaired) electrons. The molecule has 0 fully saturated rings. The summed E-state index contributed by atoms with van der Waals surface area (Å²) >= 11 is 19.1. The second-order valence-electron chi connectivity index (χ2n) is 13.8. The smallest absolute Gasteiger partial charge is 0.162 e. The van der Waals surface area contributed by atoms with Crippen LogP contribution in [0.25, 0.3) is 0 Å². The van der Waals surface area contributed by atoms with Crippen LogP contribution in [0.1, 0.15) is 76.0 Å². The lowest BCUT2D eigenvalue weighted by Gasteiger charge is -2.49. The van der Waals surface area contributed by atoms with Crippen LogP contribution in [0.5, 0.6) is 5.75 Å². The Kier molecular flexibility index (Phi) is 8.24. The molecule has 44 heavy (non-hydrogen) atoms. The standard InChI is InChI=1S/C37H36Cl3NO3/c1-36(2)16-28-34(30(42)18-36)33(24-11-13-32(27(40)15-24)44-21-23-10-12-25(38)26(39)14-23)35-29(17-37(3,4)19-31(35)43)41(28)20-22-8-6-5-7-9-22/h5-15,33H,16-21H2,1-4H3. The van der Waals surface area contributed by atoms with Gasteiger partial charge in [-0.2, -0.15) is 0 Å². The maximum Gasteiger partial charge on any atom is 0.162 e. The molecule has 2 aliphatic carbocycles. The molecule has 0 saturated carbocycles. The summed E-state index contributed by atoms with van der Waals surface area (Å²) in [5.41, 5.74) is 5.96. The van der Waals surface area contributed by atoms with Crippen LogP contribution in [-0.2, 0) is 22.7 Å². The molecule has 4 nitrogen and oxygen atoms in total. The molecule has 1 heterocycles. The number of allylic oxidation sites excluding steroid dienone is 4. The Bertz CT molecular complexity index is 1670. The number of halogens is 3. The number of nitrogens with zero attached hydrogens (tertiary/aromatic N) is 1. The van der Waals surface area contributed by atoms with Crippen molar-refractivity contribution in [2.75, 3.05) is 0 Å². The number of rotatable bonds is 6. The number of benzene rings is 3. The summed E-state index contributed by atoms with van der Waals surface area (Å²) < 4.78 is 6.05. The summed E-state index contributed by atoms with van der Waals surface area (Å²) in [5.74, 6) is 0.235. The molecule has 0 amide bonds. The molecule has 3 aromatic carbocycles. The van der Waals surface area contributed by atoms with E-state index >= 15 is 0 Å². The van der Waals surface area contributed by atoms with Crippen LogP contribution in [0.15, 0.2) is 89.3 Å². The van der Waals surface area contributed by atoms with Crippen molar-refractivity contribution < 1.29 is 14.3 Å². The highest BCUT2D eigenvalue weighted by Gasteiger charge is 2.49. The predicted octanol–water partition coefficient (Wildman–Crippen LogP) is 10.1. The monoisotopic (exact) mass is 647 g/mol. The minimum atomic E-state index is -0.471. The van der Waals surface area contributed by atoms with E-state index in [9.17, 15) is 9.59 Å². The molecule has 0 spiro atoms. The van der Waals surface area contributed by atoms with E-state index in [1.165, 1.54) is 0 Å². The van der Waals surface area contributed by atoms with Crippen LogP contribution in [0.2, 0.25) is 15.1 Å². The lowest BCUT2D eigenvalue weighted by Crippen LogP contribution is -2.44. The summed E-state index contributed by atoms with van der Waals surface area (Å²) in [6, 6.07) is 21.3. The van der Waals surface area contributed by atoms with E-state index in [-0.39, 0.29) is 29.0 Å². The number of ether oxygens (including phenoxy) is 1. The van der Waals surface area contributed by atoms with Crippen LogP contribution >= 0.6 is 34.8 Å². The fourth-order valence-corrected chi connectivity index (χ4v) is 7.51. The molecular weight excluding hydrogens is 613 g/mol. The van der Waals surface area contributed by atoms with Crippen LogP contribution in [-0.4, -0.2) is 16.5 Å². The zero-order valence-electron chi connectivity index (χ0n) is 25.5. The Hall–Kier alpha value is -3.05. The van der Waals surface area contributed by atoms with Crippen molar-refractivity contribution in [2.45, 2.75) is 72.4 Å². The summed E-state index contributed by atoms with van der Waals surface area (Å²) in [4.78, 5) is 30.5. The highest BCUT2D eigenvalue weighted by Crippen LogP contribution is 2.55. The topological polar surface area (TPSA) is 46.6 Å². The molecular formula is C37H36Cl3NO3. The van der Waals surface area contributed by atoms with Crippen molar-refractivity contribution >= 4 is 46.4 Å². The van der Waals surface area contributed by atoms with E-state index in [0.29, 0.717) is 40.2 Å². The van der Waals surface area contributed by atoms with Crippen LogP contribution in [0.3, 0.4) is 0 Å². The van der Waals surface area contributed by atoms with Crippen molar-refractivity contribution in [1.29, 1.82) is 0 Å². The fourth-order valence-electron chi connectivity index (χ4n) is 6.94. The third-order valence-corrected chi connectivity index (χ3v) is 9.91. The molecule has 6 rings (SSSR count). The third-order valence-electron chi connectivity index (χ3n) is 8.87. The maximum absolute atomic E-state index is 14.1. The first-order chi connectivity index (χ1) is 20.8. The number of Topliss-reactive ketones (excluding diaryl/α,β-unsaturated/α-hetero) is 2. The minimum Gasteiger partial charge on any atom is -0.487 e. The SMILES string of the molecule is CC1(C)CC(=O)C2=C(C1)N(Cc1ccccc1)C1=C(C(=O)CC(C)(C)C1)C2c1ccc(OCc2ccc(Cl)c(Cl)c2)c(Cl)c1. The minimum absolute atomic E-state index is 0.0968. The average molecular weight is 649 g/mol. The molecule has 0 N–H and O–H groups in total. The van der Waals surface area contributed by atoms with Gasteiger partial charge in [-0.25, -0.2) is 0 Å². The van der Waals surface area contributed by atoms with Gasteiger partial charge < -0.3 is 9.64 Å². The number of hydrogen-bond donors (Lipinski definition) is 0. The predicted molar refractivity (Wildman–Crippen MR) is 177 cm³/mol. The lowest BCUT2D eigenvalue weighted by molar-refractivity contribution is -0.119. The summed E-state index contributed by atoms with van der Waals surface area (Å²) in [6.45, 7) is 9.49. The van der Waals surface area contributed by atoms with E-state index in [1.807, 2.05) is 42.5 Å². The van der Waals surface area contributed by atoms with Crippen molar-refractivity contribution in [3.05, 3.63) is 121 Å². The van der Waals surface area contributed by atoms with Gasteiger partial charge in [0.1, 0.15) is 12.4 Å². The number of hydrogen-bond acceptors (Lipinski definition) is 4. The highest BCUT2D eigenvalue weighted by molar-refractivity contribution is 6.42. The van der Waals surface area contributed by atoms with Gasteiger partial charge in [0.25, 0.3) is 0 Å². The van der Waals surface area contributed by atoms with E-state index in [4.69, 9.17) is 39.5 Å². The van der Waals surface area contributed by atoms with E-state index < -0.39 is 5.92 Å². The zero-order chi connectivity index (χ0) is 31.4. The normalized spacial score (nSPS) is 19.7. The van der Waals surface area contributed by atoms with Crippen LogP contribution < -0.4 is 4.74 Å². The van der Waals surface area contributed by atoms with Crippen LogP contribution in [0, 0.1) is 10.8 Å². The molecule has 0 atom stereocenters. The van der Waals surface area contributed by atoms with Gasteiger partial charge in [0.2, 0.25) is 0 Å². The first-order valence-corrected chi connectivity index (χ1v) is 16.2. The van der Waals surface area contributed by atoms with Crippen molar-refractivity contribution in [3.63, 3.8) is 0 Å². The van der Waals surface area contributed by atoms with Gasteiger partial charge in [-0.15, -0.1) is 0 Å². The highest BCUT2D eigenvalue weighted by atomic mass is 35.5. The second kappa shape index (κ2) is 11.7. The first kappa shape index (κ1) is 31.0. The van der Waals surface area contributed by atoms with Gasteiger partial charge in [0.05, 0.1) is 15.1 Å². The number of ketones is 2. The molecule has 0 aromatic heterocycles. The number of carbonyl (C=O) groups is 2. The average Bonchev–Trinajstić information content (AvgIpc) is 2.94. The molecule has 228 valence electrons. The van der Waals surface area contributed by atoms with Gasteiger partial charge in [0.15, 0.2) is 11.6 Å². The quantitative estimate of drug-likeness (QED) is 0.267. The summed E-state index contributed by atoms with van der Waals surface area (Å²) in [5, 5.41) is 1.36. The molecule has 3 aliphatic rings.